The molecule has 0 saturated carbocycles. The highest BCUT2D eigenvalue weighted by Crippen LogP contribution is 2.50. The Bertz CT molecular complexity index is 822. The number of rotatable bonds is 5. The van der Waals surface area contributed by atoms with E-state index >= 15 is 0 Å². The lowest BCUT2D eigenvalue weighted by atomic mass is 9.73. The van der Waals surface area contributed by atoms with Gasteiger partial charge in [0.25, 0.3) is 0 Å². The van der Waals surface area contributed by atoms with Gasteiger partial charge in [0.2, 0.25) is 0 Å². The molecule has 0 unspecified atom stereocenters. The quantitative estimate of drug-likeness (QED) is 0.550. The number of aliphatic hydroxyl groups excluding tert-OH is 1. The normalized spacial score (nSPS) is 24.1. The van der Waals surface area contributed by atoms with Crippen molar-refractivity contribution in [2.24, 2.45) is 11.3 Å². The van der Waals surface area contributed by atoms with E-state index in [4.69, 9.17) is 9.47 Å². The lowest BCUT2D eigenvalue weighted by Gasteiger charge is -2.34. The molecule has 7 nitrogen and oxygen atoms in total. The third-order valence-electron chi connectivity index (χ3n) is 5.12. The van der Waals surface area contributed by atoms with E-state index in [2.05, 4.69) is 11.6 Å². The maximum absolute atomic E-state index is 13.7. The molecular formula is C21H27F3N2O5. The Hall–Kier alpha value is -2.62. The molecule has 4 atom stereocenters. The first kappa shape index (κ1) is 24.6. The summed E-state index contributed by atoms with van der Waals surface area (Å²) in [5, 5.41) is 11.2. The van der Waals surface area contributed by atoms with Crippen LogP contribution in [0.3, 0.4) is 0 Å². The van der Waals surface area contributed by atoms with Crippen molar-refractivity contribution in [3.05, 3.63) is 42.2 Å². The van der Waals surface area contributed by atoms with Crippen LogP contribution in [-0.4, -0.2) is 52.4 Å². The number of nitrogens with zero attached hydrogens (tertiary/aromatic N) is 2. The third kappa shape index (κ3) is 5.00. The minimum absolute atomic E-state index is 0.0107. The molecule has 0 spiro atoms. The van der Waals surface area contributed by atoms with Crippen LogP contribution in [0.25, 0.3) is 0 Å². The number of halogens is 3. The number of aromatic nitrogens is 1. The summed E-state index contributed by atoms with van der Waals surface area (Å²) in [5.41, 5.74) is -2.46. The Balaban J connectivity index is 2.73. The molecule has 0 aliphatic carbocycles. The smallest absolute Gasteiger partial charge is 0.433 e. The molecule has 2 rings (SSSR count). The van der Waals surface area contributed by atoms with Gasteiger partial charge < -0.3 is 14.6 Å². The molecule has 2 heterocycles. The summed E-state index contributed by atoms with van der Waals surface area (Å²) in [6, 6.07) is -0.487. The van der Waals surface area contributed by atoms with Gasteiger partial charge in [0.1, 0.15) is 18.3 Å². The van der Waals surface area contributed by atoms with Crippen LogP contribution >= 0.6 is 0 Å². The van der Waals surface area contributed by atoms with Gasteiger partial charge in [-0.05, 0) is 18.4 Å². The standard InChI is InChI=1S/C21H27F3N2O5/c1-6-11-31-19(29)26-14(12-9-8-10-25-17(12)21(22,23)24)16(27)13(20(3,4)5)15(26)18(28)30-7-2/h6,8-10,13-16,27H,1,7,11H2,2-5H3/t13-,14+,15+,16+/m1/s1. The Kier molecular flexibility index (Phi) is 7.36. The van der Waals surface area contributed by atoms with Crippen molar-refractivity contribution in [2.75, 3.05) is 13.2 Å². The zero-order chi connectivity index (χ0) is 23.6. The molecule has 0 bridgehead atoms. The molecule has 31 heavy (non-hydrogen) atoms. The minimum Gasteiger partial charge on any atom is -0.464 e. The summed E-state index contributed by atoms with van der Waals surface area (Å²) in [4.78, 5) is 30.0. The van der Waals surface area contributed by atoms with Gasteiger partial charge in [-0.25, -0.2) is 9.59 Å². The summed E-state index contributed by atoms with van der Waals surface area (Å²) in [6.07, 6.45) is -5.17. The van der Waals surface area contributed by atoms with Crippen molar-refractivity contribution in [1.29, 1.82) is 0 Å². The summed E-state index contributed by atoms with van der Waals surface area (Å²) in [5.74, 6) is -1.77. The number of ether oxygens (including phenoxy) is 2. The first-order chi connectivity index (χ1) is 14.4. The number of amides is 1. The number of carbonyl (C=O) groups excluding carboxylic acids is 2. The predicted octanol–water partition coefficient (Wildman–Crippen LogP) is 3.73. The maximum Gasteiger partial charge on any atom is 0.433 e. The van der Waals surface area contributed by atoms with E-state index in [1.165, 1.54) is 12.1 Å². The topological polar surface area (TPSA) is 89.0 Å². The average Bonchev–Trinajstić information content (AvgIpc) is 2.99. The Labute approximate surface area is 178 Å². The van der Waals surface area contributed by atoms with Crippen LogP contribution in [0.15, 0.2) is 31.0 Å². The summed E-state index contributed by atoms with van der Waals surface area (Å²) >= 11 is 0. The number of carbonyl (C=O) groups is 2. The second-order valence-electron chi connectivity index (χ2n) is 8.24. The second kappa shape index (κ2) is 9.25. The monoisotopic (exact) mass is 444 g/mol. The van der Waals surface area contributed by atoms with Gasteiger partial charge in [0, 0.05) is 17.7 Å². The van der Waals surface area contributed by atoms with Gasteiger partial charge in [-0.2, -0.15) is 13.2 Å². The molecule has 1 aromatic heterocycles. The minimum atomic E-state index is -4.84. The zero-order valence-electron chi connectivity index (χ0n) is 17.8. The summed E-state index contributed by atoms with van der Waals surface area (Å²) in [6.45, 7) is 9.92. The van der Waals surface area contributed by atoms with E-state index in [0.717, 1.165) is 17.2 Å². The van der Waals surface area contributed by atoms with Crippen molar-refractivity contribution >= 4 is 12.1 Å². The van der Waals surface area contributed by atoms with Gasteiger partial charge in [-0.15, -0.1) is 0 Å². The molecule has 10 heteroatoms. The predicted molar refractivity (Wildman–Crippen MR) is 105 cm³/mol. The molecule has 1 aliphatic rings. The van der Waals surface area contributed by atoms with Crippen LogP contribution in [0.1, 0.15) is 45.0 Å². The number of alkyl halides is 3. The van der Waals surface area contributed by atoms with Gasteiger partial charge in [0.05, 0.1) is 18.8 Å². The molecule has 1 aromatic rings. The highest BCUT2D eigenvalue weighted by atomic mass is 19.4. The third-order valence-corrected chi connectivity index (χ3v) is 5.12. The number of esters is 1. The Morgan fingerprint density at radius 3 is 2.45 bits per heavy atom. The zero-order valence-corrected chi connectivity index (χ0v) is 17.8. The van der Waals surface area contributed by atoms with E-state index < -0.39 is 59.0 Å². The molecule has 0 radical (unpaired) electrons. The van der Waals surface area contributed by atoms with E-state index in [-0.39, 0.29) is 13.2 Å². The van der Waals surface area contributed by atoms with Crippen LogP contribution in [-0.2, 0) is 20.4 Å². The number of hydrogen-bond acceptors (Lipinski definition) is 6. The highest BCUT2D eigenvalue weighted by Gasteiger charge is 2.60. The van der Waals surface area contributed by atoms with Gasteiger partial charge in [0.15, 0.2) is 0 Å². The van der Waals surface area contributed by atoms with Crippen LogP contribution in [0, 0.1) is 11.3 Å². The van der Waals surface area contributed by atoms with Crippen LogP contribution < -0.4 is 0 Å². The van der Waals surface area contributed by atoms with Crippen molar-refractivity contribution in [2.45, 2.75) is 52.1 Å². The fourth-order valence-corrected chi connectivity index (χ4v) is 4.03. The van der Waals surface area contributed by atoms with Gasteiger partial charge in [-0.3, -0.25) is 9.88 Å². The fourth-order valence-electron chi connectivity index (χ4n) is 4.03. The first-order valence-electron chi connectivity index (χ1n) is 9.79. The summed E-state index contributed by atoms with van der Waals surface area (Å²) < 4.78 is 51.2. The maximum atomic E-state index is 13.7. The van der Waals surface area contributed by atoms with E-state index in [9.17, 15) is 27.9 Å². The van der Waals surface area contributed by atoms with Crippen LogP contribution in [0.4, 0.5) is 18.0 Å². The number of hydrogen-bond donors (Lipinski definition) is 1. The average molecular weight is 444 g/mol. The number of pyridine rings is 1. The summed E-state index contributed by atoms with van der Waals surface area (Å²) in [7, 11) is 0. The molecule has 1 fully saturated rings. The van der Waals surface area contributed by atoms with Crippen molar-refractivity contribution in [3.8, 4) is 0 Å². The first-order valence-corrected chi connectivity index (χ1v) is 9.79. The Morgan fingerprint density at radius 2 is 1.94 bits per heavy atom. The molecule has 0 aromatic carbocycles. The van der Waals surface area contributed by atoms with Gasteiger partial charge >= 0.3 is 18.2 Å². The SMILES string of the molecule is C=CCOC(=O)N1[C@H](C(=O)OCC)[C@@H](C(C)(C)C)[C@H](O)[C@@H]1c1cccnc1C(F)(F)F. The fraction of sp³-hybridized carbons (Fsp3) is 0.571. The molecule has 1 N–H and O–H groups in total. The van der Waals surface area contributed by atoms with Crippen molar-refractivity contribution in [1.82, 2.24) is 9.88 Å². The van der Waals surface area contributed by atoms with Crippen LogP contribution in [0.5, 0.6) is 0 Å². The van der Waals surface area contributed by atoms with E-state index in [0.29, 0.717) is 0 Å². The highest BCUT2D eigenvalue weighted by molar-refractivity contribution is 5.83. The molecular weight excluding hydrogens is 417 g/mol. The lowest BCUT2D eigenvalue weighted by Crippen LogP contribution is -2.48. The van der Waals surface area contributed by atoms with Crippen molar-refractivity contribution < 1.29 is 37.3 Å². The number of aliphatic hydroxyl groups is 1. The van der Waals surface area contributed by atoms with Crippen LogP contribution in [0.2, 0.25) is 0 Å². The second-order valence-corrected chi connectivity index (χ2v) is 8.24. The molecule has 1 aliphatic heterocycles. The molecule has 172 valence electrons. The van der Waals surface area contributed by atoms with Crippen molar-refractivity contribution in [3.63, 3.8) is 0 Å². The van der Waals surface area contributed by atoms with E-state index in [1.807, 2.05) is 0 Å². The number of likely N-dealkylation sites (tertiary alicyclic amines) is 1. The Morgan fingerprint density at radius 1 is 1.29 bits per heavy atom. The lowest BCUT2D eigenvalue weighted by molar-refractivity contribution is -0.151. The van der Waals surface area contributed by atoms with E-state index in [1.54, 1.807) is 27.7 Å². The molecule has 1 saturated heterocycles. The van der Waals surface area contributed by atoms with Gasteiger partial charge in [-0.1, -0.05) is 39.5 Å². The largest absolute Gasteiger partial charge is 0.464 e. The molecule has 1 amide bonds.